The number of piperidine rings is 1. The van der Waals surface area contributed by atoms with E-state index in [0.717, 1.165) is 25.9 Å². The van der Waals surface area contributed by atoms with Crippen LogP contribution >= 0.6 is 0 Å². The molecule has 2 heterocycles. The van der Waals surface area contributed by atoms with Gasteiger partial charge in [0.25, 0.3) is 0 Å². The van der Waals surface area contributed by atoms with E-state index in [1.165, 1.54) is 6.20 Å². The molecular formula is C11H20N4O2S. The number of nitrogens with one attached hydrogen (secondary N) is 3. The first-order valence-corrected chi connectivity index (χ1v) is 7.62. The molecule has 1 aromatic heterocycles. The molecule has 0 aliphatic carbocycles. The smallest absolute Gasteiger partial charge is 0.243 e. The lowest BCUT2D eigenvalue weighted by molar-refractivity contribution is 0.238. The van der Waals surface area contributed by atoms with E-state index in [0.29, 0.717) is 12.2 Å². The van der Waals surface area contributed by atoms with Crippen LogP contribution in [-0.2, 0) is 10.0 Å². The number of hydrogen-bond donors (Lipinski definition) is 3. The van der Waals surface area contributed by atoms with Gasteiger partial charge in [0.05, 0.1) is 11.9 Å². The lowest BCUT2D eigenvalue weighted by Crippen LogP contribution is -2.45. The molecule has 1 aromatic rings. The maximum Gasteiger partial charge on any atom is 0.243 e. The number of sulfonamides is 1. The molecule has 18 heavy (non-hydrogen) atoms. The van der Waals surface area contributed by atoms with Crippen molar-refractivity contribution in [1.29, 1.82) is 0 Å². The molecule has 2 rings (SSSR count). The van der Waals surface area contributed by atoms with E-state index in [-0.39, 0.29) is 10.3 Å². The normalized spacial score (nSPS) is 25.2. The van der Waals surface area contributed by atoms with Crippen molar-refractivity contribution in [2.75, 3.05) is 19.6 Å². The molecule has 0 spiro atoms. The molecule has 7 heteroatoms. The van der Waals surface area contributed by atoms with Crippen molar-refractivity contribution in [1.82, 2.24) is 20.2 Å². The fourth-order valence-electron chi connectivity index (χ4n) is 2.23. The minimum Gasteiger partial charge on any atom is -0.316 e. The van der Waals surface area contributed by atoms with Crippen molar-refractivity contribution < 1.29 is 8.42 Å². The highest BCUT2D eigenvalue weighted by Gasteiger charge is 2.29. The highest BCUT2D eigenvalue weighted by molar-refractivity contribution is 7.89. The molecule has 0 aromatic carbocycles. The summed E-state index contributed by atoms with van der Waals surface area (Å²) in [5, 5.41) is 9.69. The van der Waals surface area contributed by atoms with E-state index >= 15 is 0 Å². The van der Waals surface area contributed by atoms with E-state index in [2.05, 4.69) is 27.2 Å². The zero-order valence-electron chi connectivity index (χ0n) is 10.8. The number of hydrogen-bond acceptors (Lipinski definition) is 4. The summed E-state index contributed by atoms with van der Waals surface area (Å²) in [4.78, 5) is 0.231. The van der Waals surface area contributed by atoms with Crippen LogP contribution in [0.15, 0.2) is 11.1 Å². The van der Waals surface area contributed by atoms with Crippen molar-refractivity contribution in [3.05, 3.63) is 11.9 Å². The first kappa shape index (κ1) is 13.5. The summed E-state index contributed by atoms with van der Waals surface area (Å²) in [5.41, 5.74) is 0.553. The third kappa shape index (κ3) is 2.90. The van der Waals surface area contributed by atoms with E-state index in [1.807, 2.05) is 0 Å². The zero-order valence-corrected chi connectivity index (χ0v) is 11.6. The molecule has 3 N–H and O–H groups in total. The number of rotatable bonds is 4. The molecular weight excluding hydrogens is 252 g/mol. The third-order valence-electron chi connectivity index (χ3n) is 3.45. The second-order valence-electron chi connectivity index (χ2n) is 5.27. The fraction of sp³-hybridized carbons (Fsp3) is 0.727. The summed E-state index contributed by atoms with van der Waals surface area (Å²) in [7, 11) is -3.46. The summed E-state index contributed by atoms with van der Waals surface area (Å²) in [6.45, 7) is 6.12. The van der Waals surface area contributed by atoms with E-state index in [1.54, 1.807) is 6.92 Å². The van der Waals surface area contributed by atoms with Gasteiger partial charge in [-0.05, 0) is 31.7 Å². The van der Waals surface area contributed by atoms with Crippen molar-refractivity contribution in [3.8, 4) is 0 Å². The Morgan fingerprint density at radius 1 is 1.56 bits per heavy atom. The van der Waals surface area contributed by atoms with Gasteiger partial charge < -0.3 is 5.32 Å². The van der Waals surface area contributed by atoms with Crippen LogP contribution in [0.3, 0.4) is 0 Å². The molecule has 6 nitrogen and oxygen atoms in total. The van der Waals surface area contributed by atoms with Crippen LogP contribution in [0.25, 0.3) is 0 Å². The maximum absolute atomic E-state index is 12.1. The lowest BCUT2D eigenvalue weighted by Gasteiger charge is -2.34. The van der Waals surface area contributed by atoms with Crippen LogP contribution < -0.4 is 10.0 Å². The number of aryl methyl sites for hydroxylation is 1. The Hall–Kier alpha value is -0.920. The van der Waals surface area contributed by atoms with E-state index < -0.39 is 10.0 Å². The highest BCUT2D eigenvalue weighted by Crippen LogP contribution is 2.25. The highest BCUT2D eigenvalue weighted by atomic mass is 32.2. The zero-order chi connectivity index (χ0) is 13.2. The van der Waals surface area contributed by atoms with Crippen LogP contribution in [0.1, 0.15) is 25.5 Å². The molecule has 1 aliphatic rings. The van der Waals surface area contributed by atoms with Crippen LogP contribution in [0.2, 0.25) is 0 Å². The van der Waals surface area contributed by atoms with Gasteiger partial charge in [0.15, 0.2) is 0 Å². The Kier molecular flexibility index (Phi) is 3.74. The molecule has 1 atom stereocenters. The number of nitrogens with zero attached hydrogens (tertiary/aromatic N) is 1. The average Bonchev–Trinajstić information content (AvgIpc) is 2.75. The molecule has 1 unspecified atom stereocenters. The van der Waals surface area contributed by atoms with Gasteiger partial charge in [0.2, 0.25) is 10.0 Å². The molecule has 1 fully saturated rings. The summed E-state index contributed by atoms with van der Waals surface area (Å²) in [6, 6.07) is 0. The summed E-state index contributed by atoms with van der Waals surface area (Å²) < 4.78 is 26.9. The van der Waals surface area contributed by atoms with Gasteiger partial charge in [0, 0.05) is 13.1 Å². The van der Waals surface area contributed by atoms with Gasteiger partial charge in [-0.3, -0.25) is 5.10 Å². The summed E-state index contributed by atoms with van der Waals surface area (Å²) >= 11 is 0. The van der Waals surface area contributed by atoms with Crippen LogP contribution in [0.5, 0.6) is 0 Å². The van der Waals surface area contributed by atoms with Gasteiger partial charge in [-0.1, -0.05) is 6.92 Å². The third-order valence-corrected chi connectivity index (χ3v) is 4.96. The van der Waals surface area contributed by atoms with Crippen LogP contribution in [-0.4, -0.2) is 38.2 Å². The Balaban J connectivity index is 2.03. The molecule has 0 saturated carbocycles. The van der Waals surface area contributed by atoms with Crippen molar-refractivity contribution in [2.24, 2.45) is 5.41 Å². The van der Waals surface area contributed by atoms with Gasteiger partial charge in [0.1, 0.15) is 4.90 Å². The molecule has 0 radical (unpaired) electrons. The van der Waals surface area contributed by atoms with Gasteiger partial charge in [-0.2, -0.15) is 5.10 Å². The standard InChI is InChI=1S/C11H20N4O2S/c1-9-10(6-13-15-9)18(16,17)14-8-11(2)4-3-5-12-7-11/h6,12,14H,3-5,7-8H2,1-2H3,(H,13,15). The van der Waals surface area contributed by atoms with Crippen molar-refractivity contribution >= 4 is 10.0 Å². The molecule has 0 amide bonds. The fourth-order valence-corrected chi connectivity index (χ4v) is 3.56. The Morgan fingerprint density at radius 3 is 2.89 bits per heavy atom. The van der Waals surface area contributed by atoms with E-state index in [9.17, 15) is 8.42 Å². The number of aromatic amines is 1. The minimum absolute atomic E-state index is 0.0110. The summed E-state index contributed by atoms with van der Waals surface area (Å²) in [6.07, 6.45) is 3.47. The molecule has 0 bridgehead atoms. The first-order chi connectivity index (χ1) is 8.43. The molecule has 1 aliphatic heterocycles. The predicted octanol–water partition coefficient (Wildman–Crippen LogP) is 0.386. The molecule has 1 saturated heterocycles. The number of H-pyrrole nitrogens is 1. The average molecular weight is 272 g/mol. The maximum atomic E-state index is 12.1. The van der Waals surface area contributed by atoms with Crippen LogP contribution in [0.4, 0.5) is 0 Å². The Bertz CT molecular complexity index is 503. The topological polar surface area (TPSA) is 86.9 Å². The first-order valence-electron chi connectivity index (χ1n) is 6.13. The largest absolute Gasteiger partial charge is 0.316 e. The number of aromatic nitrogens is 2. The molecule has 102 valence electrons. The lowest BCUT2D eigenvalue weighted by atomic mass is 9.83. The second kappa shape index (κ2) is 4.99. The quantitative estimate of drug-likeness (QED) is 0.740. The Morgan fingerprint density at radius 2 is 2.33 bits per heavy atom. The van der Waals surface area contributed by atoms with E-state index in [4.69, 9.17) is 0 Å². The minimum atomic E-state index is -3.46. The summed E-state index contributed by atoms with van der Waals surface area (Å²) in [5.74, 6) is 0. The predicted molar refractivity (Wildman–Crippen MR) is 68.7 cm³/mol. The van der Waals surface area contributed by atoms with Gasteiger partial charge >= 0.3 is 0 Å². The van der Waals surface area contributed by atoms with Crippen molar-refractivity contribution in [3.63, 3.8) is 0 Å². The van der Waals surface area contributed by atoms with Gasteiger partial charge in [-0.15, -0.1) is 0 Å². The second-order valence-corrected chi connectivity index (χ2v) is 7.01. The van der Waals surface area contributed by atoms with Gasteiger partial charge in [-0.25, -0.2) is 13.1 Å². The Labute approximate surface area is 108 Å². The van der Waals surface area contributed by atoms with Crippen LogP contribution in [0, 0.1) is 12.3 Å². The SMILES string of the molecule is Cc1[nH]ncc1S(=O)(=O)NCC1(C)CCCNC1. The van der Waals surface area contributed by atoms with Crippen molar-refractivity contribution in [2.45, 2.75) is 31.6 Å². The monoisotopic (exact) mass is 272 g/mol.